The van der Waals surface area contributed by atoms with Crippen molar-refractivity contribution in [3.8, 4) is 0 Å². The monoisotopic (exact) mass is 441 g/mol. The molecule has 3 aromatic rings. The molecule has 1 heterocycles. The van der Waals surface area contributed by atoms with Crippen LogP contribution in [0.2, 0.25) is 0 Å². The van der Waals surface area contributed by atoms with Crippen molar-refractivity contribution in [1.82, 2.24) is 0 Å². The second-order valence-electron chi connectivity index (χ2n) is 6.33. The third kappa shape index (κ3) is 4.43. The number of hydrogen-bond donors (Lipinski definition) is 3. The largest absolute Gasteiger partial charge is 0.465 e. The number of amides is 3. The molecule has 3 rings (SSSR count). The van der Waals surface area contributed by atoms with Gasteiger partial charge in [-0.3, -0.25) is 4.79 Å². The van der Waals surface area contributed by atoms with E-state index in [0.29, 0.717) is 38.6 Å². The van der Waals surface area contributed by atoms with Crippen LogP contribution in [0.3, 0.4) is 0 Å². The Labute approximate surface area is 171 Å². The summed E-state index contributed by atoms with van der Waals surface area (Å²) >= 11 is 3.39. The number of halogens is 1. The minimum atomic E-state index is -0.364. The summed E-state index contributed by atoms with van der Waals surface area (Å²) in [6.45, 7) is 5.41. The third-order valence-corrected chi connectivity index (χ3v) is 5.14. The lowest BCUT2D eigenvalue weighted by molar-refractivity contribution is 0.102. The standard InChI is InChI=1S/C21H20BrN3O3/c1-12-9-10-16(24-21(27)23-15-7-5-4-6-8-15)11-17(12)25-20(26)18-13(2)28-14(3)19(18)22/h4-11H,1-3H3,(H,25,26)(H2,23,24,27). The summed E-state index contributed by atoms with van der Waals surface area (Å²) in [5, 5.41) is 8.41. The fraction of sp³-hybridized carbons (Fsp3) is 0.143. The smallest absolute Gasteiger partial charge is 0.323 e. The average Bonchev–Trinajstić information content (AvgIpc) is 2.90. The highest BCUT2D eigenvalue weighted by molar-refractivity contribution is 9.10. The van der Waals surface area contributed by atoms with E-state index in [1.54, 1.807) is 38.1 Å². The molecule has 0 bridgehead atoms. The number of hydrogen-bond acceptors (Lipinski definition) is 3. The van der Waals surface area contributed by atoms with Gasteiger partial charge in [0, 0.05) is 17.1 Å². The topological polar surface area (TPSA) is 83.4 Å². The lowest BCUT2D eigenvalue weighted by Crippen LogP contribution is -2.20. The van der Waals surface area contributed by atoms with Crippen molar-refractivity contribution in [2.24, 2.45) is 0 Å². The Balaban J connectivity index is 1.74. The first-order valence-corrected chi connectivity index (χ1v) is 9.45. The summed E-state index contributed by atoms with van der Waals surface area (Å²) in [6, 6.07) is 14.1. The van der Waals surface area contributed by atoms with Gasteiger partial charge in [-0.1, -0.05) is 24.3 Å². The van der Waals surface area contributed by atoms with Crippen LogP contribution in [0.1, 0.15) is 27.4 Å². The van der Waals surface area contributed by atoms with Crippen LogP contribution < -0.4 is 16.0 Å². The molecule has 7 heteroatoms. The molecular weight excluding hydrogens is 422 g/mol. The van der Waals surface area contributed by atoms with Crippen LogP contribution in [0.15, 0.2) is 57.4 Å². The van der Waals surface area contributed by atoms with Gasteiger partial charge in [0.2, 0.25) is 0 Å². The van der Waals surface area contributed by atoms with E-state index in [1.807, 2.05) is 31.2 Å². The minimum Gasteiger partial charge on any atom is -0.465 e. The highest BCUT2D eigenvalue weighted by Crippen LogP contribution is 2.29. The Morgan fingerprint density at radius 2 is 1.54 bits per heavy atom. The average molecular weight is 442 g/mol. The zero-order chi connectivity index (χ0) is 20.3. The van der Waals surface area contributed by atoms with Gasteiger partial charge in [0.15, 0.2) is 0 Å². The van der Waals surface area contributed by atoms with Gasteiger partial charge in [0.1, 0.15) is 11.5 Å². The summed E-state index contributed by atoms with van der Waals surface area (Å²) in [5.41, 5.74) is 3.19. The van der Waals surface area contributed by atoms with Gasteiger partial charge >= 0.3 is 6.03 Å². The van der Waals surface area contributed by atoms with Gasteiger partial charge in [0.25, 0.3) is 5.91 Å². The van der Waals surface area contributed by atoms with Crippen molar-refractivity contribution in [1.29, 1.82) is 0 Å². The Morgan fingerprint density at radius 1 is 0.857 bits per heavy atom. The van der Waals surface area contributed by atoms with E-state index in [-0.39, 0.29) is 11.9 Å². The van der Waals surface area contributed by atoms with Gasteiger partial charge in [-0.25, -0.2) is 4.79 Å². The number of para-hydroxylation sites is 1. The van der Waals surface area contributed by atoms with Crippen LogP contribution in [0.4, 0.5) is 21.9 Å². The van der Waals surface area contributed by atoms with Crippen molar-refractivity contribution < 1.29 is 14.0 Å². The van der Waals surface area contributed by atoms with Crippen molar-refractivity contribution in [2.45, 2.75) is 20.8 Å². The van der Waals surface area contributed by atoms with E-state index in [4.69, 9.17) is 4.42 Å². The molecule has 0 fully saturated rings. The van der Waals surface area contributed by atoms with Crippen molar-refractivity contribution >= 4 is 44.9 Å². The zero-order valence-electron chi connectivity index (χ0n) is 15.7. The van der Waals surface area contributed by atoms with Crippen molar-refractivity contribution in [3.63, 3.8) is 0 Å². The number of carbonyl (C=O) groups is 2. The molecule has 144 valence electrons. The Bertz CT molecular complexity index is 1030. The van der Waals surface area contributed by atoms with Crippen LogP contribution in [0.25, 0.3) is 0 Å². The first-order chi connectivity index (χ1) is 13.3. The Hall–Kier alpha value is -3.06. The molecule has 1 aromatic heterocycles. The summed E-state index contributed by atoms with van der Waals surface area (Å²) in [4.78, 5) is 24.9. The molecule has 0 unspecified atom stereocenters. The van der Waals surface area contributed by atoms with Gasteiger partial charge in [0.05, 0.1) is 10.0 Å². The highest BCUT2D eigenvalue weighted by Gasteiger charge is 2.20. The minimum absolute atomic E-state index is 0.282. The second-order valence-corrected chi connectivity index (χ2v) is 7.13. The van der Waals surface area contributed by atoms with E-state index in [1.165, 1.54) is 0 Å². The highest BCUT2D eigenvalue weighted by atomic mass is 79.9. The fourth-order valence-electron chi connectivity index (χ4n) is 2.75. The van der Waals surface area contributed by atoms with E-state index in [2.05, 4.69) is 31.9 Å². The Morgan fingerprint density at radius 3 is 2.18 bits per heavy atom. The molecule has 6 nitrogen and oxygen atoms in total. The van der Waals surface area contributed by atoms with Crippen LogP contribution in [0.5, 0.6) is 0 Å². The van der Waals surface area contributed by atoms with E-state index >= 15 is 0 Å². The number of nitrogens with one attached hydrogen (secondary N) is 3. The molecular formula is C21H20BrN3O3. The summed E-state index contributed by atoms with van der Waals surface area (Å²) in [5.74, 6) is 0.902. The maximum Gasteiger partial charge on any atom is 0.323 e. The van der Waals surface area contributed by atoms with Gasteiger partial charge in [-0.15, -0.1) is 0 Å². The maximum absolute atomic E-state index is 12.7. The maximum atomic E-state index is 12.7. The van der Waals surface area contributed by atoms with Crippen LogP contribution >= 0.6 is 15.9 Å². The quantitative estimate of drug-likeness (QED) is 0.473. The first-order valence-electron chi connectivity index (χ1n) is 8.65. The van der Waals surface area contributed by atoms with Gasteiger partial charge < -0.3 is 20.4 Å². The normalized spacial score (nSPS) is 10.4. The molecule has 0 aliphatic carbocycles. The number of rotatable bonds is 4. The molecule has 0 atom stereocenters. The predicted molar refractivity (Wildman–Crippen MR) is 114 cm³/mol. The molecule has 0 radical (unpaired) electrons. The SMILES string of the molecule is Cc1ccc(NC(=O)Nc2ccccc2)cc1NC(=O)c1c(C)oc(C)c1Br. The van der Waals surface area contributed by atoms with Crippen LogP contribution in [-0.2, 0) is 0 Å². The number of benzene rings is 2. The number of furan rings is 1. The van der Waals surface area contributed by atoms with Gasteiger partial charge in [-0.2, -0.15) is 0 Å². The molecule has 28 heavy (non-hydrogen) atoms. The van der Waals surface area contributed by atoms with E-state index < -0.39 is 0 Å². The van der Waals surface area contributed by atoms with Gasteiger partial charge in [-0.05, 0) is 66.5 Å². The molecule has 0 aliphatic heterocycles. The number of carbonyl (C=O) groups excluding carboxylic acids is 2. The summed E-state index contributed by atoms with van der Waals surface area (Å²) < 4.78 is 6.13. The van der Waals surface area contributed by atoms with Crippen molar-refractivity contribution in [2.75, 3.05) is 16.0 Å². The fourth-order valence-corrected chi connectivity index (χ4v) is 3.29. The van der Waals surface area contributed by atoms with Crippen molar-refractivity contribution in [3.05, 3.63) is 75.7 Å². The lowest BCUT2D eigenvalue weighted by Gasteiger charge is -2.12. The number of anilines is 3. The number of urea groups is 1. The lowest BCUT2D eigenvalue weighted by atomic mass is 10.1. The molecule has 2 aromatic carbocycles. The van der Waals surface area contributed by atoms with E-state index in [0.717, 1.165) is 5.56 Å². The predicted octanol–water partition coefficient (Wildman–Crippen LogP) is 5.86. The zero-order valence-corrected chi connectivity index (χ0v) is 17.3. The van der Waals surface area contributed by atoms with Crippen LogP contribution in [0, 0.1) is 20.8 Å². The summed E-state index contributed by atoms with van der Waals surface area (Å²) in [7, 11) is 0. The molecule has 0 saturated carbocycles. The molecule has 0 spiro atoms. The first kappa shape index (κ1) is 19.7. The molecule has 0 aliphatic rings. The second kappa shape index (κ2) is 8.31. The van der Waals surface area contributed by atoms with E-state index in [9.17, 15) is 9.59 Å². The van der Waals surface area contributed by atoms with Crippen LogP contribution in [-0.4, -0.2) is 11.9 Å². The molecule has 3 amide bonds. The summed E-state index contributed by atoms with van der Waals surface area (Å²) in [6.07, 6.45) is 0. The Kier molecular flexibility index (Phi) is 5.84. The number of aryl methyl sites for hydroxylation is 3. The third-order valence-electron chi connectivity index (χ3n) is 4.19. The molecule has 3 N–H and O–H groups in total. The molecule has 0 saturated heterocycles.